The Bertz CT molecular complexity index is 185. The van der Waals surface area contributed by atoms with Gasteiger partial charge >= 0.3 is 0 Å². The highest BCUT2D eigenvalue weighted by Crippen LogP contribution is 2.50. The summed E-state index contributed by atoms with van der Waals surface area (Å²) in [7, 11) is 0. The Balaban J connectivity index is 1.95. The summed E-state index contributed by atoms with van der Waals surface area (Å²) in [5.74, 6) is 1.02. The van der Waals surface area contributed by atoms with Crippen LogP contribution in [0, 0.1) is 11.8 Å². The van der Waals surface area contributed by atoms with E-state index in [9.17, 15) is 0 Å². The fraction of sp³-hybridized carbons (Fsp3) is 1.00. The Hall–Kier alpha value is -0.120. The summed E-state index contributed by atoms with van der Waals surface area (Å²) in [5, 5.41) is 0. The van der Waals surface area contributed by atoms with Crippen LogP contribution in [0.4, 0.5) is 0 Å². The first-order valence-electron chi connectivity index (χ1n) is 4.67. The number of hydrogen-bond acceptors (Lipinski definition) is 3. The molecule has 2 rings (SSSR count). The molecule has 2 aliphatic rings. The zero-order valence-corrected chi connectivity index (χ0v) is 7.75. The van der Waals surface area contributed by atoms with Crippen LogP contribution in [-0.4, -0.2) is 25.0 Å². The van der Waals surface area contributed by atoms with E-state index >= 15 is 0 Å². The molecule has 1 aliphatic heterocycles. The summed E-state index contributed by atoms with van der Waals surface area (Å²) >= 11 is 0. The lowest BCUT2D eigenvalue weighted by molar-refractivity contribution is -0.170. The van der Waals surface area contributed by atoms with Gasteiger partial charge in [-0.3, -0.25) is 0 Å². The van der Waals surface area contributed by atoms with Gasteiger partial charge in [0, 0.05) is 12.5 Å². The van der Waals surface area contributed by atoms with Crippen molar-refractivity contribution in [1.82, 2.24) is 0 Å². The highest BCUT2D eigenvalue weighted by molar-refractivity contribution is 4.95. The Morgan fingerprint density at radius 2 is 2.25 bits per heavy atom. The number of nitrogens with two attached hydrogens (primary N) is 1. The van der Waals surface area contributed by atoms with Crippen LogP contribution in [0.5, 0.6) is 0 Å². The lowest BCUT2D eigenvalue weighted by atomic mass is 10.2. The summed E-state index contributed by atoms with van der Waals surface area (Å²) in [5.41, 5.74) is 5.51. The van der Waals surface area contributed by atoms with Gasteiger partial charge in [-0.05, 0) is 19.3 Å². The van der Waals surface area contributed by atoms with Crippen LogP contribution < -0.4 is 5.73 Å². The van der Waals surface area contributed by atoms with Gasteiger partial charge in [0.2, 0.25) is 0 Å². The molecule has 4 atom stereocenters. The number of hydrogen-bond donors (Lipinski definition) is 1. The predicted octanol–water partition coefficient (Wildman–Crippen LogP) is 0.733. The highest BCUT2D eigenvalue weighted by atomic mass is 16.7. The Kier molecular flexibility index (Phi) is 1.90. The molecule has 0 amide bonds. The monoisotopic (exact) mass is 171 g/mol. The first-order chi connectivity index (χ1) is 5.65. The standard InChI is InChI=1S/C9H17NO2/c1-6-3-8(6)9(2)11-5-7(4-10)12-9/h6-8H,3-5,10H2,1-2H3. The average Bonchev–Trinajstić information content (AvgIpc) is 2.64. The van der Waals surface area contributed by atoms with Gasteiger partial charge in [-0.2, -0.15) is 0 Å². The van der Waals surface area contributed by atoms with Crippen molar-refractivity contribution in [2.24, 2.45) is 17.6 Å². The minimum atomic E-state index is -0.330. The molecule has 70 valence electrons. The van der Waals surface area contributed by atoms with Crippen molar-refractivity contribution in [2.45, 2.75) is 32.2 Å². The van der Waals surface area contributed by atoms with Gasteiger partial charge in [-0.1, -0.05) is 6.92 Å². The molecule has 0 spiro atoms. The highest BCUT2D eigenvalue weighted by Gasteiger charge is 2.53. The molecule has 0 bridgehead atoms. The molecule has 1 heterocycles. The van der Waals surface area contributed by atoms with Crippen molar-refractivity contribution < 1.29 is 9.47 Å². The van der Waals surface area contributed by atoms with Gasteiger partial charge in [0.15, 0.2) is 5.79 Å². The molecule has 0 aromatic carbocycles. The van der Waals surface area contributed by atoms with Crippen LogP contribution in [-0.2, 0) is 9.47 Å². The second-order valence-electron chi connectivity index (χ2n) is 4.12. The van der Waals surface area contributed by atoms with Crippen molar-refractivity contribution >= 4 is 0 Å². The van der Waals surface area contributed by atoms with Crippen molar-refractivity contribution in [2.75, 3.05) is 13.2 Å². The van der Waals surface area contributed by atoms with Crippen molar-refractivity contribution in [1.29, 1.82) is 0 Å². The lowest BCUT2D eigenvalue weighted by Gasteiger charge is -2.23. The van der Waals surface area contributed by atoms with E-state index in [-0.39, 0.29) is 11.9 Å². The van der Waals surface area contributed by atoms with Gasteiger partial charge in [0.25, 0.3) is 0 Å². The zero-order chi connectivity index (χ0) is 8.77. The third-order valence-corrected chi connectivity index (χ3v) is 3.00. The molecule has 12 heavy (non-hydrogen) atoms. The van der Waals surface area contributed by atoms with Crippen molar-refractivity contribution in [3.63, 3.8) is 0 Å². The van der Waals surface area contributed by atoms with Crippen LogP contribution in [0.3, 0.4) is 0 Å². The third-order valence-electron chi connectivity index (χ3n) is 3.00. The molecule has 0 aromatic heterocycles. The van der Waals surface area contributed by atoms with Crippen LogP contribution in [0.2, 0.25) is 0 Å². The molecule has 1 saturated carbocycles. The van der Waals surface area contributed by atoms with Gasteiger partial charge in [-0.25, -0.2) is 0 Å². The molecule has 2 N–H and O–H groups in total. The maximum atomic E-state index is 5.75. The molecule has 0 radical (unpaired) electrons. The Morgan fingerprint density at radius 1 is 1.58 bits per heavy atom. The fourth-order valence-corrected chi connectivity index (χ4v) is 2.02. The largest absolute Gasteiger partial charge is 0.347 e. The molecule has 3 heteroatoms. The summed E-state index contributed by atoms with van der Waals surface area (Å²) < 4.78 is 11.4. The van der Waals surface area contributed by atoms with E-state index in [4.69, 9.17) is 15.2 Å². The van der Waals surface area contributed by atoms with Crippen LogP contribution >= 0.6 is 0 Å². The van der Waals surface area contributed by atoms with Gasteiger partial charge in [0.1, 0.15) is 0 Å². The third kappa shape index (κ3) is 1.26. The Labute approximate surface area is 73.2 Å². The second-order valence-corrected chi connectivity index (χ2v) is 4.12. The summed E-state index contributed by atoms with van der Waals surface area (Å²) in [6.07, 6.45) is 1.34. The van der Waals surface area contributed by atoms with Gasteiger partial charge in [-0.15, -0.1) is 0 Å². The summed E-state index contributed by atoms with van der Waals surface area (Å²) in [6.45, 7) is 5.50. The van der Waals surface area contributed by atoms with E-state index < -0.39 is 0 Å². The molecular formula is C9H17NO2. The minimum absolute atomic E-state index is 0.114. The molecule has 3 nitrogen and oxygen atoms in total. The van der Waals surface area contributed by atoms with E-state index in [0.29, 0.717) is 19.1 Å². The average molecular weight is 171 g/mol. The summed E-state index contributed by atoms with van der Waals surface area (Å²) in [4.78, 5) is 0. The van der Waals surface area contributed by atoms with E-state index in [1.54, 1.807) is 0 Å². The maximum Gasteiger partial charge on any atom is 0.169 e. The quantitative estimate of drug-likeness (QED) is 0.666. The van der Waals surface area contributed by atoms with Crippen LogP contribution in [0.15, 0.2) is 0 Å². The van der Waals surface area contributed by atoms with Crippen LogP contribution in [0.1, 0.15) is 20.3 Å². The van der Waals surface area contributed by atoms with Gasteiger partial charge in [0.05, 0.1) is 12.7 Å². The van der Waals surface area contributed by atoms with E-state index in [1.807, 2.05) is 6.92 Å². The minimum Gasteiger partial charge on any atom is -0.347 e. The first kappa shape index (κ1) is 8.48. The Morgan fingerprint density at radius 3 is 2.67 bits per heavy atom. The lowest BCUT2D eigenvalue weighted by Crippen LogP contribution is -2.31. The molecule has 1 aliphatic carbocycles. The topological polar surface area (TPSA) is 44.5 Å². The van der Waals surface area contributed by atoms with Crippen molar-refractivity contribution in [3.05, 3.63) is 0 Å². The molecular weight excluding hydrogens is 154 g/mol. The normalized spacial score (nSPS) is 52.8. The number of rotatable bonds is 2. The van der Waals surface area contributed by atoms with Crippen molar-refractivity contribution in [3.8, 4) is 0 Å². The molecule has 1 saturated heterocycles. The van der Waals surface area contributed by atoms with E-state index in [2.05, 4.69) is 6.92 Å². The molecule has 2 fully saturated rings. The van der Waals surface area contributed by atoms with Crippen LogP contribution in [0.25, 0.3) is 0 Å². The summed E-state index contributed by atoms with van der Waals surface area (Å²) in [6, 6.07) is 0. The molecule has 0 aromatic rings. The zero-order valence-electron chi connectivity index (χ0n) is 7.75. The predicted molar refractivity (Wildman–Crippen MR) is 45.6 cm³/mol. The first-order valence-corrected chi connectivity index (χ1v) is 4.67. The van der Waals surface area contributed by atoms with E-state index in [0.717, 1.165) is 5.92 Å². The van der Waals surface area contributed by atoms with Gasteiger partial charge < -0.3 is 15.2 Å². The smallest absolute Gasteiger partial charge is 0.169 e. The fourth-order valence-electron chi connectivity index (χ4n) is 2.02. The number of ether oxygens (including phenoxy) is 2. The van der Waals surface area contributed by atoms with E-state index in [1.165, 1.54) is 6.42 Å². The maximum absolute atomic E-state index is 5.75. The second kappa shape index (κ2) is 2.69. The SMILES string of the molecule is CC1CC1C1(C)OCC(CN)O1. The molecule has 4 unspecified atom stereocenters.